The number of carbonyl (C=O) groups is 1. The minimum Gasteiger partial charge on any atom is -0.385 e. The quantitative estimate of drug-likeness (QED) is 0.719. The number of fused-ring (bicyclic) bond motifs is 1. The van der Waals surface area contributed by atoms with Crippen molar-refractivity contribution in [2.24, 2.45) is 17.8 Å². The van der Waals surface area contributed by atoms with Crippen LogP contribution in [0.1, 0.15) is 34.1 Å². The van der Waals surface area contributed by atoms with Gasteiger partial charge in [-0.15, -0.1) is 5.10 Å². The number of hydrogen-bond donors (Lipinski definition) is 1. The fourth-order valence-electron chi connectivity index (χ4n) is 3.57. The van der Waals surface area contributed by atoms with Crippen molar-refractivity contribution in [3.63, 3.8) is 0 Å². The number of aromatic nitrogens is 3. The monoisotopic (exact) mass is 423 g/mol. The molecule has 2 atom stereocenters. The number of nitrogens with one attached hydrogen (secondary N) is 1. The van der Waals surface area contributed by atoms with Crippen LogP contribution in [0.4, 0.5) is 0 Å². The first-order valence-corrected chi connectivity index (χ1v) is 11.4. The lowest BCUT2D eigenvalue weighted by Crippen LogP contribution is -2.42. The van der Waals surface area contributed by atoms with Gasteiger partial charge in [-0.2, -0.15) is 4.31 Å². The van der Waals surface area contributed by atoms with Gasteiger partial charge < -0.3 is 10.2 Å². The molecule has 1 aliphatic heterocycles. The molecule has 0 aliphatic carbocycles. The van der Waals surface area contributed by atoms with Crippen LogP contribution in [0.3, 0.4) is 0 Å². The van der Waals surface area contributed by atoms with Crippen molar-refractivity contribution < 1.29 is 18.0 Å². The third-order valence-electron chi connectivity index (χ3n) is 4.89. The summed E-state index contributed by atoms with van der Waals surface area (Å²) in [6.07, 6.45) is 1.02. The molecule has 1 fully saturated rings. The molecule has 0 bridgehead atoms. The molecule has 2 aromatic rings. The minimum absolute atomic E-state index is 0.169. The number of hydrogen-bond acceptors (Lipinski definition) is 6. The highest BCUT2D eigenvalue weighted by Crippen LogP contribution is 2.27. The standard InChI is InChI=1S/C19H29N5O4S/c1-13(2)9-20-19(25)12-28-24-18-8-16(5-6-17(18)21-22-24)29(26,27)23-10-14(3)7-15(4)11-23/h5-6,8,13-15H,7,9-12H2,1-4H3,(H,20,25)/t14-,15-/m0/s1. The van der Waals surface area contributed by atoms with E-state index in [9.17, 15) is 13.2 Å². The highest BCUT2D eigenvalue weighted by molar-refractivity contribution is 7.89. The summed E-state index contributed by atoms with van der Waals surface area (Å²) in [7, 11) is -3.63. The van der Waals surface area contributed by atoms with Crippen LogP contribution >= 0.6 is 0 Å². The summed E-state index contributed by atoms with van der Waals surface area (Å²) in [5, 5.41) is 10.6. The van der Waals surface area contributed by atoms with Gasteiger partial charge >= 0.3 is 0 Å². The first kappa shape index (κ1) is 21.5. The van der Waals surface area contributed by atoms with E-state index in [0.717, 1.165) is 11.3 Å². The molecule has 1 aliphatic rings. The van der Waals surface area contributed by atoms with E-state index in [2.05, 4.69) is 29.5 Å². The van der Waals surface area contributed by atoms with E-state index < -0.39 is 10.0 Å². The lowest BCUT2D eigenvalue weighted by molar-refractivity contribution is -0.126. The first-order valence-electron chi connectivity index (χ1n) is 9.92. The lowest BCUT2D eigenvalue weighted by Gasteiger charge is -2.34. The summed E-state index contributed by atoms with van der Waals surface area (Å²) in [5.74, 6) is 0.691. The number of rotatable bonds is 7. The first-order chi connectivity index (χ1) is 13.7. The maximum absolute atomic E-state index is 13.1. The van der Waals surface area contributed by atoms with Crippen molar-refractivity contribution in [2.75, 3.05) is 26.2 Å². The third kappa shape index (κ3) is 5.05. The molecule has 29 heavy (non-hydrogen) atoms. The van der Waals surface area contributed by atoms with Gasteiger partial charge in [-0.25, -0.2) is 8.42 Å². The molecule has 1 amide bonds. The van der Waals surface area contributed by atoms with Crippen LogP contribution in [0.15, 0.2) is 23.1 Å². The molecule has 0 saturated carbocycles. The van der Waals surface area contributed by atoms with Gasteiger partial charge in [0.15, 0.2) is 6.61 Å². The number of piperidine rings is 1. The highest BCUT2D eigenvalue weighted by Gasteiger charge is 2.32. The number of amides is 1. The van der Waals surface area contributed by atoms with Crippen LogP contribution in [0.25, 0.3) is 11.0 Å². The van der Waals surface area contributed by atoms with Crippen molar-refractivity contribution >= 4 is 27.0 Å². The average molecular weight is 424 g/mol. The Morgan fingerprint density at radius 1 is 1.28 bits per heavy atom. The topological polar surface area (TPSA) is 106 Å². The Kier molecular flexibility index (Phi) is 6.42. The molecule has 1 saturated heterocycles. The normalized spacial score (nSPS) is 20.9. The summed E-state index contributed by atoms with van der Waals surface area (Å²) in [5.41, 5.74) is 0.896. The van der Waals surface area contributed by atoms with Gasteiger partial charge in [-0.05, 0) is 47.6 Å². The fraction of sp³-hybridized carbons (Fsp3) is 0.632. The largest absolute Gasteiger partial charge is 0.385 e. The Balaban J connectivity index is 1.79. The molecule has 0 unspecified atom stereocenters. The third-order valence-corrected chi connectivity index (χ3v) is 6.71. The number of carbonyl (C=O) groups excluding carboxylic acids is 1. The molecular weight excluding hydrogens is 394 g/mol. The van der Waals surface area contributed by atoms with Gasteiger partial charge in [-0.1, -0.05) is 32.5 Å². The molecule has 3 rings (SSSR count). The molecule has 160 valence electrons. The maximum Gasteiger partial charge on any atom is 0.260 e. The van der Waals surface area contributed by atoms with Crippen LogP contribution in [-0.2, 0) is 14.8 Å². The summed E-state index contributed by atoms with van der Waals surface area (Å²) >= 11 is 0. The van der Waals surface area contributed by atoms with E-state index in [4.69, 9.17) is 4.84 Å². The van der Waals surface area contributed by atoms with E-state index in [0.29, 0.717) is 48.4 Å². The second-order valence-corrected chi connectivity index (χ2v) is 10.3. The minimum atomic E-state index is -3.63. The molecule has 9 nitrogen and oxygen atoms in total. The Labute approximate surface area is 171 Å². The Morgan fingerprint density at radius 2 is 1.97 bits per heavy atom. The summed E-state index contributed by atoms with van der Waals surface area (Å²) in [6.45, 7) is 9.47. The molecule has 0 spiro atoms. The summed E-state index contributed by atoms with van der Waals surface area (Å²) < 4.78 is 27.8. The van der Waals surface area contributed by atoms with Gasteiger partial charge in [-0.3, -0.25) is 4.79 Å². The fourth-order valence-corrected chi connectivity index (χ4v) is 5.27. The highest BCUT2D eigenvalue weighted by atomic mass is 32.2. The van der Waals surface area contributed by atoms with E-state index >= 15 is 0 Å². The van der Waals surface area contributed by atoms with Gasteiger partial charge in [0.05, 0.1) is 4.90 Å². The summed E-state index contributed by atoms with van der Waals surface area (Å²) in [4.78, 5) is 18.6. The van der Waals surface area contributed by atoms with Gasteiger partial charge in [0.1, 0.15) is 11.0 Å². The Morgan fingerprint density at radius 3 is 2.62 bits per heavy atom. The van der Waals surface area contributed by atoms with Crippen LogP contribution in [0, 0.1) is 17.8 Å². The SMILES string of the molecule is CC(C)CNC(=O)COn1nnc2ccc(S(=O)(=O)N3C[C@@H](C)C[C@H](C)C3)cc21. The Hall–Kier alpha value is -2.20. The van der Waals surface area contributed by atoms with Crippen molar-refractivity contribution in [1.82, 2.24) is 24.8 Å². The van der Waals surface area contributed by atoms with Crippen LogP contribution in [-0.4, -0.2) is 60.0 Å². The Bertz CT molecular complexity index is 962. The molecular formula is C19H29N5O4S. The second-order valence-electron chi connectivity index (χ2n) is 8.35. The van der Waals surface area contributed by atoms with E-state index in [-0.39, 0.29) is 17.4 Å². The van der Waals surface area contributed by atoms with Crippen molar-refractivity contribution in [3.05, 3.63) is 18.2 Å². The zero-order chi connectivity index (χ0) is 21.2. The summed E-state index contributed by atoms with van der Waals surface area (Å²) in [6, 6.07) is 4.64. The molecule has 1 aromatic carbocycles. The molecule has 0 radical (unpaired) electrons. The smallest absolute Gasteiger partial charge is 0.260 e. The number of sulfonamides is 1. The average Bonchev–Trinajstić information content (AvgIpc) is 3.06. The van der Waals surface area contributed by atoms with Gasteiger partial charge in [0.2, 0.25) is 10.0 Å². The predicted molar refractivity (Wildman–Crippen MR) is 109 cm³/mol. The zero-order valence-electron chi connectivity index (χ0n) is 17.3. The van der Waals surface area contributed by atoms with Gasteiger partial charge in [0.25, 0.3) is 5.91 Å². The molecule has 10 heteroatoms. The number of benzene rings is 1. The van der Waals surface area contributed by atoms with Crippen LogP contribution in [0.2, 0.25) is 0 Å². The van der Waals surface area contributed by atoms with Crippen LogP contribution in [0.5, 0.6) is 0 Å². The van der Waals surface area contributed by atoms with Crippen molar-refractivity contribution in [2.45, 2.75) is 39.0 Å². The molecule has 1 aromatic heterocycles. The second kappa shape index (κ2) is 8.66. The van der Waals surface area contributed by atoms with Crippen LogP contribution < -0.4 is 10.2 Å². The van der Waals surface area contributed by atoms with E-state index in [1.165, 1.54) is 12.1 Å². The van der Waals surface area contributed by atoms with E-state index in [1.807, 2.05) is 13.8 Å². The molecule has 1 N–H and O–H groups in total. The van der Waals surface area contributed by atoms with E-state index in [1.54, 1.807) is 10.4 Å². The van der Waals surface area contributed by atoms with Crippen molar-refractivity contribution in [3.8, 4) is 0 Å². The molecule has 2 heterocycles. The predicted octanol–water partition coefficient (Wildman–Crippen LogP) is 1.30. The zero-order valence-corrected chi connectivity index (χ0v) is 18.1. The van der Waals surface area contributed by atoms with Crippen molar-refractivity contribution in [1.29, 1.82) is 0 Å². The lowest BCUT2D eigenvalue weighted by atomic mass is 9.94. The number of nitrogens with zero attached hydrogens (tertiary/aromatic N) is 4. The maximum atomic E-state index is 13.1. The van der Waals surface area contributed by atoms with Gasteiger partial charge in [0, 0.05) is 19.6 Å².